The maximum absolute atomic E-state index is 13.0. The van der Waals surface area contributed by atoms with Crippen molar-refractivity contribution in [2.45, 2.75) is 0 Å². The monoisotopic (exact) mass is 238 g/mol. The second-order valence-electron chi connectivity index (χ2n) is 3.20. The summed E-state index contributed by atoms with van der Waals surface area (Å²) in [6, 6.07) is 10.1. The lowest BCUT2D eigenvalue weighted by Gasteiger charge is -2.06. The fourth-order valence-electron chi connectivity index (χ4n) is 1.24. The molecule has 0 aliphatic rings. The Kier molecular flexibility index (Phi) is 2.97. The number of aromatic hydroxyl groups is 1. The van der Waals surface area contributed by atoms with Crippen LogP contribution >= 0.6 is 11.6 Å². The van der Waals surface area contributed by atoms with Crippen LogP contribution in [0.2, 0.25) is 5.02 Å². The highest BCUT2D eigenvalue weighted by molar-refractivity contribution is 6.30. The number of rotatable bonds is 2. The normalized spacial score (nSPS) is 10.1. The van der Waals surface area contributed by atoms with Crippen molar-refractivity contribution < 1.29 is 14.2 Å². The predicted molar refractivity (Wildman–Crippen MR) is 59.6 cm³/mol. The summed E-state index contributed by atoms with van der Waals surface area (Å²) < 4.78 is 18.3. The van der Waals surface area contributed by atoms with Crippen molar-refractivity contribution in [3.05, 3.63) is 53.3 Å². The fourth-order valence-corrected chi connectivity index (χ4v) is 1.45. The van der Waals surface area contributed by atoms with Gasteiger partial charge in [0.2, 0.25) is 0 Å². The molecule has 82 valence electrons. The summed E-state index contributed by atoms with van der Waals surface area (Å²) in [5.41, 5.74) is 0. The number of phenolic OH excluding ortho intramolecular Hbond substituents is 1. The zero-order valence-corrected chi connectivity index (χ0v) is 8.91. The first kappa shape index (κ1) is 10.8. The summed E-state index contributed by atoms with van der Waals surface area (Å²) in [4.78, 5) is 0. The van der Waals surface area contributed by atoms with Crippen LogP contribution in [0, 0.1) is 5.82 Å². The summed E-state index contributed by atoms with van der Waals surface area (Å²) in [7, 11) is 0. The zero-order valence-electron chi connectivity index (χ0n) is 8.15. The molecule has 2 nitrogen and oxygen atoms in total. The number of halogens is 2. The van der Waals surface area contributed by atoms with Crippen LogP contribution in [0.5, 0.6) is 17.2 Å². The van der Waals surface area contributed by atoms with E-state index < -0.39 is 5.82 Å². The molecule has 0 fully saturated rings. The third-order valence-corrected chi connectivity index (χ3v) is 2.13. The van der Waals surface area contributed by atoms with Gasteiger partial charge in [-0.15, -0.1) is 0 Å². The Hall–Kier alpha value is -1.74. The largest absolute Gasteiger partial charge is 0.508 e. The van der Waals surface area contributed by atoms with Gasteiger partial charge in [-0.25, -0.2) is 4.39 Å². The highest BCUT2D eigenvalue weighted by Gasteiger charge is 2.01. The van der Waals surface area contributed by atoms with Crippen molar-refractivity contribution in [1.29, 1.82) is 0 Å². The van der Waals surface area contributed by atoms with Gasteiger partial charge in [-0.1, -0.05) is 11.6 Å². The van der Waals surface area contributed by atoms with E-state index in [1.807, 2.05) is 0 Å². The first-order valence-corrected chi connectivity index (χ1v) is 4.94. The highest BCUT2D eigenvalue weighted by Crippen LogP contribution is 2.26. The quantitative estimate of drug-likeness (QED) is 0.858. The molecule has 0 unspecified atom stereocenters. The maximum atomic E-state index is 13.0. The molecule has 0 spiro atoms. The summed E-state index contributed by atoms with van der Waals surface area (Å²) in [5.74, 6) is 0.501. The smallest absolute Gasteiger partial charge is 0.131 e. The van der Waals surface area contributed by atoms with Crippen LogP contribution in [0.1, 0.15) is 0 Å². The second-order valence-corrected chi connectivity index (χ2v) is 3.64. The molecule has 2 aromatic carbocycles. The molecule has 0 heterocycles. The summed E-state index contributed by atoms with van der Waals surface area (Å²) in [6.07, 6.45) is 0. The minimum atomic E-state index is -0.457. The first-order chi connectivity index (χ1) is 7.63. The first-order valence-electron chi connectivity index (χ1n) is 4.56. The molecule has 16 heavy (non-hydrogen) atoms. The summed E-state index contributed by atoms with van der Waals surface area (Å²) >= 11 is 5.68. The molecule has 0 aliphatic carbocycles. The molecule has 0 bridgehead atoms. The molecule has 0 atom stereocenters. The molecule has 0 aromatic heterocycles. The fraction of sp³-hybridized carbons (Fsp3) is 0. The SMILES string of the molecule is Oc1ccc(Oc2cc(F)cc(Cl)c2)cc1. The van der Waals surface area contributed by atoms with E-state index in [4.69, 9.17) is 21.4 Å². The van der Waals surface area contributed by atoms with Gasteiger partial charge in [0.1, 0.15) is 23.1 Å². The zero-order chi connectivity index (χ0) is 11.5. The van der Waals surface area contributed by atoms with Gasteiger partial charge in [0, 0.05) is 11.1 Å². The van der Waals surface area contributed by atoms with E-state index in [2.05, 4.69) is 0 Å². The van der Waals surface area contributed by atoms with E-state index >= 15 is 0 Å². The van der Waals surface area contributed by atoms with Crippen molar-refractivity contribution in [2.24, 2.45) is 0 Å². The van der Waals surface area contributed by atoms with Crippen LogP contribution in [0.15, 0.2) is 42.5 Å². The molecule has 0 saturated carbocycles. The molecule has 4 heteroatoms. The lowest BCUT2D eigenvalue weighted by Crippen LogP contribution is -1.85. The summed E-state index contributed by atoms with van der Waals surface area (Å²) in [6.45, 7) is 0. The number of phenols is 1. The van der Waals surface area contributed by atoms with E-state index in [0.717, 1.165) is 0 Å². The molecular weight excluding hydrogens is 231 g/mol. The Morgan fingerprint density at radius 1 is 1.00 bits per heavy atom. The maximum Gasteiger partial charge on any atom is 0.131 e. The average Bonchev–Trinajstić information content (AvgIpc) is 2.20. The lowest BCUT2D eigenvalue weighted by molar-refractivity contribution is 0.462. The Bertz CT molecular complexity index is 477. The minimum absolute atomic E-state index is 0.143. The Morgan fingerprint density at radius 3 is 2.31 bits per heavy atom. The van der Waals surface area contributed by atoms with Crippen LogP contribution in [0.25, 0.3) is 0 Å². The molecule has 0 amide bonds. The molecular formula is C12H8ClFO2. The van der Waals surface area contributed by atoms with Crippen LogP contribution in [0.4, 0.5) is 4.39 Å². The van der Waals surface area contributed by atoms with Crippen molar-refractivity contribution in [3.63, 3.8) is 0 Å². The molecule has 0 saturated heterocycles. The van der Waals surface area contributed by atoms with Crippen LogP contribution in [0.3, 0.4) is 0 Å². The minimum Gasteiger partial charge on any atom is -0.508 e. The second kappa shape index (κ2) is 4.41. The van der Waals surface area contributed by atoms with Gasteiger partial charge in [-0.3, -0.25) is 0 Å². The predicted octanol–water partition coefficient (Wildman–Crippen LogP) is 3.98. The van der Waals surface area contributed by atoms with E-state index in [-0.39, 0.29) is 10.8 Å². The van der Waals surface area contributed by atoms with Gasteiger partial charge >= 0.3 is 0 Å². The van der Waals surface area contributed by atoms with Gasteiger partial charge in [0.25, 0.3) is 0 Å². The topological polar surface area (TPSA) is 29.5 Å². The molecule has 2 rings (SSSR count). The summed E-state index contributed by atoms with van der Waals surface area (Å²) in [5, 5.41) is 9.35. The van der Waals surface area contributed by atoms with Crippen molar-refractivity contribution in [1.82, 2.24) is 0 Å². The molecule has 2 aromatic rings. The van der Waals surface area contributed by atoms with Crippen LogP contribution < -0.4 is 4.74 Å². The Balaban J connectivity index is 2.23. The third-order valence-electron chi connectivity index (χ3n) is 1.91. The van der Waals surface area contributed by atoms with Gasteiger partial charge < -0.3 is 9.84 Å². The van der Waals surface area contributed by atoms with E-state index in [1.165, 1.54) is 30.3 Å². The molecule has 1 N–H and O–H groups in total. The van der Waals surface area contributed by atoms with Gasteiger partial charge in [0.05, 0.1) is 0 Å². The lowest BCUT2D eigenvalue weighted by atomic mass is 10.3. The van der Waals surface area contributed by atoms with Gasteiger partial charge in [-0.2, -0.15) is 0 Å². The van der Waals surface area contributed by atoms with E-state index in [1.54, 1.807) is 12.1 Å². The number of ether oxygens (including phenoxy) is 1. The Labute approximate surface area is 96.9 Å². The number of hydrogen-bond donors (Lipinski definition) is 1. The Morgan fingerprint density at radius 2 is 1.69 bits per heavy atom. The molecule has 0 radical (unpaired) electrons. The van der Waals surface area contributed by atoms with Crippen molar-refractivity contribution in [3.8, 4) is 17.2 Å². The third kappa shape index (κ3) is 2.64. The number of benzene rings is 2. The van der Waals surface area contributed by atoms with Crippen LogP contribution in [-0.2, 0) is 0 Å². The standard InChI is InChI=1S/C12H8ClFO2/c13-8-5-9(14)7-12(6-8)16-11-3-1-10(15)2-4-11/h1-7,15H. The van der Waals surface area contributed by atoms with E-state index in [9.17, 15) is 4.39 Å². The highest BCUT2D eigenvalue weighted by atomic mass is 35.5. The van der Waals surface area contributed by atoms with Crippen LogP contribution in [-0.4, -0.2) is 5.11 Å². The van der Waals surface area contributed by atoms with Gasteiger partial charge in [0.15, 0.2) is 0 Å². The van der Waals surface area contributed by atoms with Crippen molar-refractivity contribution >= 4 is 11.6 Å². The molecule has 0 aliphatic heterocycles. The average molecular weight is 239 g/mol. The van der Waals surface area contributed by atoms with Crippen molar-refractivity contribution in [2.75, 3.05) is 0 Å². The van der Waals surface area contributed by atoms with E-state index in [0.29, 0.717) is 11.5 Å². The number of hydrogen-bond acceptors (Lipinski definition) is 2. The van der Waals surface area contributed by atoms with Gasteiger partial charge in [-0.05, 0) is 36.4 Å².